The Labute approximate surface area is 276 Å². The standard InChI is InChI=1S/C36H44N2O8Si/c1-19-24(39)17-25(43-7)22-15-21-16-23-29(38(5)6)31-28(34(37-45-31)44-18-20-13-11-10-12-14-20)33(42)36(23,46-47(8,9)35(2,3)4)32(41)27(21)30(40)26(19)22/h10-14,17,21,23,29,39,41H,15-16,18H2,1-9H3/t21-,23-,29-,36-/m0/s1. The molecule has 0 saturated carbocycles. The summed E-state index contributed by atoms with van der Waals surface area (Å²) in [6.45, 7) is 12.1. The molecule has 11 heteroatoms. The number of fused-ring (bicyclic) bond motifs is 4. The van der Waals surface area contributed by atoms with Crippen LogP contribution in [0.1, 0.15) is 76.4 Å². The number of carbonyl (C=O) groups excluding carboxylic acids is 2. The van der Waals surface area contributed by atoms with Crippen molar-refractivity contribution in [1.82, 2.24) is 10.1 Å². The van der Waals surface area contributed by atoms with E-state index in [1.54, 1.807) is 6.92 Å². The molecule has 6 rings (SSSR count). The van der Waals surface area contributed by atoms with Crippen LogP contribution in [0.4, 0.5) is 0 Å². The molecule has 1 aromatic heterocycles. The molecule has 10 nitrogen and oxygen atoms in total. The Bertz CT molecular complexity index is 1790. The summed E-state index contributed by atoms with van der Waals surface area (Å²) in [4.78, 5) is 31.7. The van der Waals surface area contributed by atoms with E-state index in [0.717, 1.165) is 5.56 Å². The van der Waals surface area contributed by atoms with Crippen LogP contribution in [0.15, 0.2) is 52.3 Å². The number of hydrogen-bond donors (Lipinski definition) is 2. The number of methoxy groups -OCH3 is 1. The van der Waals surface area contributed by atoms with E-state index >= 15 is 4.79 Å². The minimum absolute atomic E-state index is 0.0168. The van der Waals surface area contributed by atoms with Crippen LogP contribution in [0.2, 0.25) is 18.1 Å². The van der Waals surface area contributed by atoms with Crippen LogP contribution in [-0.4, -0.2) is 67.0 Å². The Kier molecular flexibility index (Phi) is 7.96. The van der Waals surface area contributed by atoms with Crippen LogP contribution in [0.5, 0.6) is 17.4 Å². The molecule has 0 aliphatic heterocycles. The van der Waals surface area contributed by atoms with Crippen LogP contribution in [-0.2, 0) is 17.5 Å². The summed E-state index contributed by atoms with van der Waals surface area (Å²) in [5, 5.41) is 27.2. The van der Waals surface area contributed by atoms with Gasteiger partial charge in [0.2, 0.25) is 5.78 Å². The van der Waals surface area contributed by atoms with Gasteiger partial charge >= 0.3 is 0 Å². The number of ketones is 2. The molecule has 3 aliphatic rings. The number of ether oxygens (including phenoxy) is 2. The SMILES string of the molecule is COc1cc(O)c(C)c2c1C[C@H]1C[C@H]3[C@H](N(C)C)c4onc(OCc5ccccc5)c4C(=O)[C@@]3(O[Si](C)(C)C(C)(C)C)C(O)=C1C2=O. The molecule has 250 valence electrons. The van der Waals surface area contributed by atoms with Gasteiger partial charge in [0.05, 0.1) is 13.2 Å². The van der Waals surface area contributed by atoms with E-state index in [1.165, 1.54) is 13.2 Å². The molecule has 1 heterocycles. The number of Topliss-reactive ketones (excluding diaryl/α,β-unsaturated/α-hetero) is 2. The third-order valence-corrected chi connectivity index (χ3v) is 15.2. The van der Waals surface area contributed by atoms with Crippen molar-refractivity contribution in [2.24, 2.45) is 11.8 Å². The van der Waals surface area contributed by atoms with Gasteiger partial charge in [-0.15, -0.1) is 0 Å². The predicted molar refractivity (Wildman–Crippen MR) is 178 cm³/mol. The van der Waals surface area contributed by atoms with Gasteiger partial charge in [0.25, 0.3) is 5.88 Å². The first-order chi connectivity index (χ1) is 22.0. The Morgan fingerprint density at radius 1 is 1.11 bits per heavy atom. The van der Waals surface area contributed by atoms with Gasteiger partial charge in [-0.2, -0.15) is 0 Å². The minimum atomic E-state index is -2.83. The second-order valence-electron chi connectivity index (χ2n) is 14.7. The fraction of sp³-hybridized carbons (Fsp3) is 0.472. The van der Waals surface area contributed by atoms with Crippen molar-refractivity contribution in [3.8, 4) is 17.4 Å². The zero-order chi connectivity index (χ0) is 34.2. The van der Waals surface area contributed by atoms with Crippen LogP contribution in [0.25, 0.3) is 0 Å². The highest BCUT2D eigenvalue weighted by atomic mass is 28.4. The lowest BCUT2D eigenvalue weighted by Gasteiger charge is -2.55. The number of benzene rings is 2. The number of aromatic hydroxyl groups is 1. The maximum absolute atomic E-state index is 15.2. The van der Waals surface area contributed by atoms with Gasteiger partial charge in [-0.1, -0.05) is 51.1 Å². The van der Waals surface area contributed by atoms with E-state index in [0.29, 0.717) is 35.5 Å². The Hall–Kier alpha value is -3.93. The van der Waals surface area contributed by atoms with Crippen LogP contribution >= 0.6 is 0 Å². The average Bonchev–Trinajstić information content (AvgIpc) is 3.42. The van der Waals surface area contributed by atoms with Gasteiger partial charge in [-0.05, 0) is 68.6 Å². The molecular formula is C36H44N2O8Si. The first-order valence-electron chi connectivity index (χ1n) is 16.0. The highest BCUT2D eigenvalue weighted by Crippen LogP contribution is 2.60. The molecule has 0 saturated heterocycles. The van der Waals surface area contributed by atoms with Crippen molar-refractivity contribution in [1.29, 1.82) is 0 Å². The molecule has 0 radical (unpaired) electrons. The van der Waals surface area contributed by atoms with E-state index in [2.05, 4.69) is 25.9 Å². The van der Waals surface area contributed by atoms with Gasteiger partial charge in [-0.3, -0.25) is 14.5 Å². The molecule has 0 unspecified atom stereocenters. The maximum Gasteiger partial charge on any atom is 0.265 e. The van der Waals surface area contributed by atoms with Gasteiger partial charge in [0, 0.05) is 34.2 Å². The average molecular weight is 661 g/mol. The first-order valence-corrected chi connectivity index (χ1v) is 18.9. The number of carbonyl (C=O) groups is 2. The van der Waals surface area contributed by atoms with Crippen molar-refractivity contribution in [3.05, 3.63) is 81.3 Å². The summed E-state index contributed by atoms with van der Waals surface area (Å²) in [6.07, 6.45) is 0.720. The van der Waals surface area contributed by atoms with Crippen LogP contribution in [0.3, 0.4) is 0 Å². The number of hydrogen-bond acceptors (Lipinski definition) is 10. The van der Waals surface area contributed by atoms with E-state index in [1.807, 2.05) is 62.4 Å². The summed E-state index contributed by atoms with van der Waals surface area (Å²) in [6, 6.07) is 10.5. The number of phenolic OH excluding ortho intramolecular Hbond substituents is 1. The summed E-state index contributed by atoms with van der Waals surface area (Å²) < 4.78 is 24.8. The highest BCUT2D eigenvalue weighted by Gasteiger charge is 2.67. The topological polar surface area (TPSA) is 132 Å². The summed E-state index contributed by atoms with van der Waals surface area (Å²) in [5.41, 5.74) is 0.575. The zero-order valence-electron chi connectivity index (χ0n) is 28.6. The van der Waals surface area contributed by atoms with E-state index in [-0.39, 0.29) is 45.7 Å². The summed E-state index contributed by atoms with van der Waals surface area (Å²) in [7, 11) is 2.45. The Morgan fingerprint density at radius 2 is 1.79 bits per heavy atom. The van der Waals surface area contributed by atoms with Crippen molar-refractivity contribution >= 4 is 19.9 Å². The highest BCUT2D eigenvalue weighted by molar-refractivity contribution is 6.74. The second-order valence-corrected chi connectivity index (χ2v) is 19.5. The number of phenols is 1. The Balaban J connectivity index is 1.59. The maximum atomic E-state index is 15.2. The molecule has 2 N–H and O–H groups in total. The molecule has 3 aromatic rings. The predicted octanol–water partition coefficient (Wildman–Crippen LogP) is 6.72. The van der Waals surface area contributed by atoms with Crippen molar-refractivity contribution < 1.29 is 38.2 Å². The fourth-order valence-electron chi connectivity index (χ4n) is 7.35. The molecule has 2 aromatic carbocycles. The molecule has 4 atom stereocenters. The minimum Gasteiger partial charge on any atom is -0.508 e. The molecular weight excluding hydrogens is 616 g/mol. The quantitative estimate of drug-likeness (QED) is 0.263. The molecule has 0 spiro atoms. The molecule has 0 fully saturated rings. The number of aliphatic hydroxyl groups excluding tert-OH is 1. The third kappa shape index (κ3) is 4.93. The lowest BCUT2D eigenvalue weighted by Crippen LogP contribution is -2.65. The van der Waals surface area contributed by atoms with Gasteiger partial charge < -0.3 is 28.6 Å². The number of nitrogens with zero attached hydrogens (tertiary/aromatic N) is 2. The summed E-state index contributed by atoms with van der Waals surface area (Å²) >= 11 is 0. The van der Waals surface area contributed by atoms with Crippen molar-refractivity contribution in [3.63, 3.8) is 0 Å². The third-order valence-electron chi connectivity index (χ3n) is 10.7. The molecule has 47 heavy (non-hydrogen) atoms. The second kappa shape index (κ2) is 11.3. The number of allylic oxidation sites excluding steroid dienone is 1. The van der Waals surface area contributed by atoms with Gasteiger partial charge in [0.1, 0.15) is 29.4 Å². The van der Waals surface area contributed by atoms with Crippen LogP contribution in [0, 0.1) is 18.8 Å². The Morgan fingerprint density at radius 3 is 2.40 bits per heavy atom. The first kappa shape index (κ1) is 33.0. The zero-order valence-corrected chi connectivity index (χ0v) is 29.6. The van der Waals surface area contributed by atoms with Crippen molar-refractivity contribution in [2.45, 2.75) is 76.9 Å². The van der Waals surface area contributed by atoms with Gasteiger partial charge in [-0.25, -0.2) is 0 Å². The van der Waals surface area contributed by atoms with Crippen molar-refractivity contribution in [2.75, 3.05) is 21.2 Å². The largest absolute Gasteiger partial charge is 0.508 e. The van der Waals surface area contributed by atoms with E-state index < -0.39 is 43.4 Å². The normalized spacial score (nSPS) is 24.1. The molecule has 3 aliphatic carbocycles. The lowest BCUT2D eigenvalue weighted by atomic mass is 9.58. The van der Waals surface area contributed by atoms with Gasteiger partial charge in [0.15, 0.2) is 25.5 Å². The summed E-state index contributed by atoms with van der Waals surface area (Å²) in [5.74, 6) is -1.73. The van der Waals surface area contributed by atoms with Crippen LogP contribution < -0.4 is 9.47 Å². The number of rotatable bonds is 7. The molecule has 0 amide bonds. The monoisotopic (exact) mass is 660 g/mol. The lowest BCUT2D eigenvalue weighted by molar-refractivity contribution is -0.0480. The van der Waals surface area contributed by atoms with E-state index in [9.17, 15) is 15.0 Å². The number of aromatic nitrogens is 1. The molecule has 0 bridgehead atoms. The number of aliphatic hydroxyl groups is 1. The smallest absolute Gasteiger partial charge is 0.265 e. The fourth-order valence-corrected chi connectivity index (χ4v) is 8.80. The van der Waals surface area contributed by atoms with E-state index in [4.69, 9.17) is 18.4 Å².